The van der Waals surface area contributed by atoms with Crippen molar-refractivity contribution < 1.29 is 4.74 Å². The van der Waals surface area contributed by atoms with E-state index in [0.717, 1.165) is 0 Å². The molecule has 1 aromatic carbocycles. The molecule has 1 N–H and O–H groups in total. The molecule has 0 bridgehead atoms. The summed E-state index contributed by atoms with van der Waals surface area (Å²) in [7, 11) is 0. The van der Waals surface area contributed by atoms with Crippen LogP contribution in [-0.2, 0) is 0 Å². The minimum atomic E-state index is -0.263. The number of hydrogen-bond donors (Lipinski definition) is 1. The van der Waals surface area contributed by atoms with Crippen LogP contribution < -0.4 is 10.3 Å². The summed E-state index contributed by atoms with van der Waals surface area (Å²) < 4.78 is 5.48. The topological polar surface area (TPSA) is 80.8 Å². The quantitative estimate of drug-likeness (QED) is 0.804. The third kappa shape index (κ3) is 3.24. The molecule has 3 rings (SSSR count). The summed E-state index contributed by atoms with van der Waals surface area (Å²) in [5.74, 6) is 0.553. The van der Waals surface area contributed by atoms with Crippen LogP contribution in [-0.4, -0.2) is 20.2 Å². The molecule has 21 heavy (non-hydrogen) atoms. The standard InChI is InChI=1S/C14H9ClN4O2/c15-10-2-1-3-11(6-10)21-14-16-7-9(8-17-14)12-4-5-13(20)19-18-12/h1-8H,(H,19,20). The van der Waals surface area contributed by atoms with Gasteiger partial charge in [-0.15, -0.1) is 0 Å². The Kier molecular flexibility index (Phi) is 3.61. The van der Waals surface area contributed by atoms with Crippen molar-refractivity contribution >= 4 is 11.6 Å². The molecule has 2 heterocycles. The molecule has 0 saturated heterocycles. The van der Waals surface area contributed by atoms with Crippen LogP contribution in [0.2, 0.25) is 5.02 Å². The van der Waals surface area contributed by atoms with Gasteiger partial charge in [-0.25, -0.2) is 15.1 Å². The third-order valence-electron chi connectivity index (χ3n) is 2.61. The summed E-state index contributed by atoms with van der Waals surface area (Å²) in [5, 5.41) is 6.82. The largest absolute Gasteiger partial charge is 0.424 e. The van der Waals surface area contributed by atoms with Crippen LogP contribution in [0.5, 0.6) is 11.8 Å². The average molecular weight is 301 g/mol. The number of aromatic amines is 1. The van der Waals surface area contributed by atoms with E-state index in [-0.39, 0.29) is 11.6 Å². The lowest BCUT2D eigenvalue weighted by Gasteiger charge is -2.04. The zero-order chi connectivity index (χ0) is 14.7. The smallest absolute Gasteiger partial charge is 0.321 e. The highest BCUT2D eigenvalue weighted by Crippen LogP contribution is 2.22. The molecular formula is C14H9ClN4O2. The Hall–Kier alpha value is -2.73. The van der Waals surface area contributed by atoms with Crippen LogP contribution in [0.3, 0.4) is 0 Å². The van der Waals surface area contributed by atoms with E-state index in [2.05, 4.69) is 20.2 Å². The van der Waals surface area contributed by atoms with Crippen molar-refractivity contribution in [2.45, 2.75) is 0 Å². The van der Waals surface area contributed by atoms with E-state index in [4.69, 9.17) is 16.3 Å². The molecule has 0 aliphatic carbocycles. The number of aromatic nitrogens is 4. The van der Waals surface area contributed by atoms with Gasteiger partial charge in [-0.2, -0.15) is 5.10 Å². The molecule has 0 spiro atoms. The van der Waals surface area contributed by atoms with Crippen molar-refractivity contribution in [3.63, 3.8) is 0 Å². The van der Waals surface area contributed by atoms with E-state index in [0.29, 0.717) is 22.0 Å². The maximum Gasteiger partial charge on any atom is 0.321 e. The van der Waals surface area contributed by atoms with Crippen molar-refractivity contribution in [1.82, 2.24) is 20.2 Å². The van der Waals surface area contributed by atoms with Crippen molar-refractivity contribution in [2.75, 3.05) is 0 Å². The lowest BCUT2D eigenvalue weighted by Crippen LogP contribution is -2.05. The number of rotatable bonds is 3. The molecule has 0 aliphatic rings. The van der Waals surface area contributed by atoms with Crippen LogP contribution in [0.15, 0.2) is 53.6 Å². The van der Waals surface area contributed by atoms with Gasteiger partial charge in [0.2, 0.25) is 0 Å². The summed E-state index contributed by atoms with van der Waals surface area (Å²) >= 11 is 5.87. The highest BCUT2D eigenvalue weighted by Gasteiger charge is 2.04. The first-order valence-electron chi connectivity index (χ1n) is 6.02. The van der Waals surface area contributed by atoms with Crippen LogP contribution in [0.4, 0.5) is 0 Å². The summed E-state index contributed by atoms with van der Waals surface area (Å²) in [5.41, 5.74) is 0.981. The number of benzene rings is 1. The summed E-state index contributed by atoms with van der Waals surface area (Å²) in [4.78, 5) is 19.1. The second kappa shape index (κ2) is 5.72. The number of halogens is 1. The van der Waals surface area contributed by atoms with Gasteiger partial charge in [-0.3, -0.25) is 4.79 Å². The number of H-pyrrole nitrogens is 1. The second-order valence-corrected chi connectivity index (χ2v) is 4.56. The maximum atomic E-state index is 11.0. The van der Waals surface area contributed by atoms with Crippen LogP contribution in [0.1, 0.15) is 0 Å². The van der Waals surface area contributed by atoms with Crippen LogP contribution in [0, 0.1) is 0 Å². The molecule has 3 aromatic rings. The molecular weight excluding hydrogens is 292 g/mol. The summed E-state index contributed by atoms with van der Waals surface area (Å²) in [6.07, 6.45) is 3.13. The number of hydrogen-bond acceptors (Lipinski definition) is 5. The van der Waals surface area contributed by atoms with Crippen molar-refractivity contribution in [3.8, 4) is 23.0 Å². The SMILES string of the molecule is O=c1ccc(-c2cnc(Oc3cccc(Cl)c3)nc2)n[nH]1. The molecule has 7 heteroatoms. The fourth-order valence-corrected chi connectivity index (χ4v) is 1.82. The molecule has 104 valence electrons. The highest BCUT2D eigenvalue weighted by atomic mass is 35.5. The Morgan fingerprint density at radius 1 is 1.10 bits per heavy atom. The molecule has 2 aromatic heterocycles. The third-order valence-corrected chi connectivity index (χ3v) is 2.84. The molecule has 0 aliphatic heterocycles. The number of ether oxygens (including phenoxy) is 1. The average Bonchev–Trinajstić information content (AvgIpc) is 2.49. The Morgan fingerprint density at radius 3 is 2.57 bits per heavy atom. The first-order valence-corrected chi connectivity index (χ1v) is 6.40. The molecule has 6 nitrogen and oxygen atoms in total. The van der Waals surface area contributed by atoms with Gasteiger partial charge >= 0.3 is 6.01 Å². The molecule has 0 saturated carbocycles. The van der Waals surface area contributed by atoms with E-state index in [1.807, 2.05) is 0 Å². The van der Waals surface area contributed by atoms with Gasteiger partial charge in [0.1, 0.15) is 5.75 Å². The zero-order valence-electron chi connectivity index (χ0n) is 10.7. The Labute approximate surface area is 124 Å². The molecule has 0 radical (unpaired) electrons. The van der Waals surface area contributed by atoms with Gasteiger partial charge in [0, 0.05) is 29.0 Å². The van der Waals surface area contributed by atoms with Crippen LogP contribution in [0.25, 0.3) is 11.3 Å². The monoisotopic (exact) mass is 300 g/mol. The van der Waals surface area contributed by atoms with Gasteiger partial charge in [0.15, 0.2) is 0 Å². The van der Waals surface area contributed by atoms with E-state index in [1.165, 1.54) is 6.07 Å². The highest BCUT2D eigenvalue weighted by molar-refractivity contribution is 6.30. The van der Waals surface area contributed by atoms with E-state index < -0.39 is 0 Å². The summed E-state index contributed by atoms with van der Waals surface area (Å²) in [6, 6.07) is 10.1. The Bertz CT molecular complexity index is 797. The molecule has 0 atom stereocenters. The minimum absolute atomic E-state index is 0.199. The first-order chi connectivity index (χ1) is 10.2. The predicted molar refractivity (Wildman–Crippen MR) is 77.4 cm³/mol. The van der Waals surface area contributed by atoms with E-state index >= 15 is 0 Å². The van der Waals surface area contributed by atoms with Crippen molar-refractivity contribution in [1.29, 1.82) is 0 Å². The molecule has 0 amide bonds. The zero-order valence-corrected chi connectivity index (χ0v) is 11.4. The Balaban J connectivity index is 1.81. The lowest BCUT2D eigenvalue weighted by atomic mass is 10.2. The van der Waals surface area contributed by atoms with Gasteiger partial charge in [0.05, 0.1) is 5.69 Å². The van der Waals surface area contributed by atoms with E-state index in [9.17, 15) is 4.79 Å². The fraction of sp³-hybridized carbons (Fsp3) is 0. The number of nitrogens with zero attached hydrogens (tertiary/aromatic N) is 3. The second-order valence-electron chi connectivity index (χ2n) is 4.12. The van der Waals surface area contributed by atoms with Gasteiger partial charge in [0.25, 0.3) is 5.56 Å². The molecule has 0 fully saturated rings. The van der Waals surface area contributed by atoms with E-state index in [1.54, 1.807) is 42.7 Å². The minimum Gasteiger partial charge on any atom is -0.424 e. The fourth-order valence-electron chi connectivity index (χ4n) is 1.64. The first kappa shape index (κ1) is 13.3. The maximum absolute atomic E-state index is 11.0. The lowest BCUT2D eigenvalue weighted by molar-refractivity contribution is 0.442. The van der Waals surface area contributed by atoms with Gasteiger partial charge in [-0.1, -0.05) is 17.7 Å². The van der Waals surface area contributed by atoms with Gasteiger partial charge < -0.3 is 4.74 Å². The van der Waals surface area contributed by atoms with Crippen molar-refractivity contribution in [3.05, 3.63) is 64.2 Å². The van der Waals surface area contributed by atoms with Crippen molar-refractivity contribution in [2.24, 2.45) is 0 Å². The normalized spacial score (nSPS) is 10.3. The number of nitrogens with one attached hydrogen (secondary N) is 1. The molecule has 0 unspecified atom stereocenters. The van der Waals surface area contributed by atoms with Crippen LogP contribution >= 0.6 is 11.6 Å². The van der Waals surface area contributed by atoms with Gasteiger partial charge in [-0.05, 0) is 24.3 Å². The summed E-state index contributed by atoms with van der Waals surface area (Å²) in [6.45, 7) is 0. The Morgan fingerprint density at radius 2 is 1.90 bits per heavy atom. The predicted octanol–water partition coefficient (Wildman–Crippen LogP) is 2.67.